The van der Waals surface area contributed by atoms with Crippen LogP contribution in [0.4, 0.5) is 0 Å². The van der Waals surface area contributed by atoms with Gasteiger partial charge in [-0.15, -0.1) is 0 Å². The molecule has 1 aromatic carbocycles. The maximum atomic E-state index is 10.9. The van der Waals surface area contributed by atoms with Crippen LogP contribution < -0.4 is 14.4 Å². The van der Waals surface area contributed by atoms with E-state index in [-0.39, 0.29) is 0 Å². The van der Waals surface area contributed by atoms with Crippen molar-refractivity contribution in [2.75, 3.05) is 32.8 Å². The lowest BCUT2D eigenvalue weighted by Crippen LogP contribution is -3.15. The van der Waals surface area contributed by atoms with Crippen LogP contribution in [0.2, 0.25) is 0 Å². The standard InChI is InChI=1S/C18H27NO4/c1-4-21-18-10-16(13-20)6-7-17(18)22-9-5-8-19-11-14(2)23-15(3)12-19/h6-7,10,13-15H,4-5,8-9,11-12H2,1-3H3/p+1/t14-,15+. The highest BCUT2D eigenvalue weighted by atomic mass is 16.5. The number of aldehydes is 1. The van der Waals surface area contributed by atoms with Crippen LogP contribution in [0.3, 0.4) is 0 Å². The largest absolute Gasteiger partial charge is 0.490 e. The van der Waals surface area contributed by atoms with E-state index in [9.17, 15) is 4.79 Å². The predicted octanol–water partition coefficient (Wildman–Crippen LogP) is 1.36. The van der Waals surface area contributed by atoms with Crippen molar-refractivity contribution in [2.24, 2.45) is 0 Å². The van der Waals surface area contributed by atoms with Gasteiger partial charge in [0, 0.05) is 12.0 Å². The van der Waals surface area contributed by atoms with Crippen molar-refractivity contribution < 1.29 is 23.9 Å². The van der Waals surface area contributed by atoms with E-state index in [1.807, 2.05) is 6.92 Å². The van der Waals surface area contributed by atoms with Crippen LogP contribution >= 0.6 is 0 Å². The summed E-state index contributed by atoms with van der Waals surface area (Å²) in [4.78, 5) is 12.4. The zero-order valence-corrected chi connectivity index (χ0v) is 14.3. The Balaban J connectivity index is 1.80. The SMILES string of the molecule is CCOc1cc(C=O)ccc1OCCC[NH+]1C[C@@H](C)O[C@@H](C)C1. The third-order valence-electron chi connectivity index (χ3n) is 3.95. The Morgan fingerprint density at radius 3 is 2.61 bits per heavy atom. The number of hydrogen-bond donors (Lipinski definition) is 1. The number of ether oxygens (including phenoxy) is 3. The third-order valence-corrected chi connectivity index (χ3v) is 3.95. The second-order valence-electron chi connectivity index (χ2n) is 6.12. The summed E-state index contributed by atoms with van der Waals surface area (Å²) in [6, 6.07) is 5.28. The van der Waals surface area contributed by atoms with E-state index in [4.69, 9.17) is 14.2 Å². The molecule has 128 valence electrons. The highest BCUT2D eigenvalue weighted by Gasteiger charge is 2.24. The van der Waals surface area contributed by atoms with Gasteiger partial charge in [0.05, 0.1) is 19.8 Å². The first-order valence-corrected chi connectivity index (χ1v) is 8.46. The minimum absolute atomic E-state index is 0.329. The molecule has 2 rings (SSSR count). The van der Waals surface area contributed by atoms with E-state index in [0.717, 1.165) is 32.3 Å². The summed E-state index contributed by atoms with van der Waals surface area (Å²) < 4.78 is 17.2. The number of carbonyl (C=O) groups excluding carboxylic acids is 1. The summed E-state index contributed by atoms with van der Waals surface area (Å²) in [5.41, 5.74) is 0.599. The molecule has 1 N–H and O–H groups in total. The fourth-order valence-corrected chi connectivity index (χ4v) is 3.08. The molecule has 0 aliphatic carbocycles. The van der Waals surface area contributed by atoms with Crippen LogP contribution in [0.15, 0.2) is 18.2 Å². The summed E-state index contributed by atoms with van der Waals surface area (Å²) in [6.45, 7) is 10.6. The van der Waals surface area contributed by atoms with Crippen molar-refractivity contribution in [1.29, 1.82) is 0 Å². The van der Waals surface area contributed by atoms with Crippen molar-refractivity contribution in [1.82, 2.24) is 0 Å². The molecule has 0 aromatic heterocycles. The molecule has 1 fully saturated rings. The predicted molar refractivity (Wildman–Crippen MR) is 88.7 cm³/mol. The topological polar surface area (TPSA) is 49.2 Å². The second kappa shape index (κ2) is 8.89. The minimum Gasteiger partial charge on any atom is -0.490 e. The third kappa shape index (κ3) is 5.52. The van der Waals surface area contributed by atoms with Crippen LogP contribution in [0, 0.1) is 0 Å². The van der Waals surface area contributed by atoms with Crippen LogP contribution in [0.5, 0.6) is 11.5 Å². The Labute approximate surface area is 138 Å². The molecular formula is C18H28NO4+. The number of nitrogens with one attached hydrogen (secondary N) is 1. The Bertz CT molecular complexity index is 496. The maximum absolute atomic E-state index is 10.9. The summed E-state index contributed by atoms with van der Waals surface area (Å²) in [5, 5.41) is 0. The van der Waals surface area contributed by atoms with Gasteiger partial charge in [0.25, 0.3) is 0 Å². The first-order chi connectivity index (χ1) is 11.1. The Hall–Kier alpha value is -1.59. The number of benzene rings is 1. The normalized spacial score (nSPS) is 24.2. The smallest absolute Gasteiger partial charge is 0.161 e. The average Bonchev–Trinajstić information content (AvgIpc) is 2.52. The summed E-state index contributed by atoms with van der Waals surface area (Å²) in [5.74, 6) is 1.34. The van der Waals surface area contributed by atoms with Crippen LogP contribution in [0.1, 0.15) is 37.6 Å². The van der Waals surface area contributed by atoms with E-state index in [1.54, 1.807) is 23.1 Å². The molecule has 3 atom stereocenters. The average molecular weight is 322 g/mol. The van der Waals surface area contributed by atoms with Gasteiger partial charge in [-0.2, -0.15) is 0 Å². The number of morpholine rings is 1. The maximum Gasteiger partial charge on any atom is 0.161 e. The van der Waals surface area contributed by atoms with E-state index >= 15 is 0 Å². The summed E-state index contributed by atoms with van der Waals surface area (Å²) in [6.07, 6.45) is 2.46. The molecule has 1 aliphatic heterocycles. The lowest BCUT2D eigenvalue weighted by Gasteiger charge is -2.32. The first-order valence-electron chi connectivity index (χ1n) is 8.46. The molecule has 1 aromatic rings. The van der Waals surface area contributed by atoms with E-state index < -0.39 is 0 Å². The van der Waals surface area contributed by atoms with Gasteiger partial charge in [0.15, 0.2) is 11.5 Å². The van der Waals surface area contributed by atoms with Crippen molar-refractivity contribution in [2.45, 2.75) is 39.4 Å². The Kier molecular flexibility index (Phi) is 6.86. The molecule has 0 bridgehead atoms. The molecule has 1 heterocycles. The molecule has 0 spiro atoms. The fraction of sp³-hybridized carbons (Fsp3) is 0.611. The minimum atomic E-state index is 0.329. The molecule has 1 unspecified atom stereocenters. The van der Waals surface area contributed by atoms with Gasteiger partial charge >= 0.3 is 0 Å². The molecule has 1 saturated heterocycles. The molecule has 0 saturated carbocycles. The monoisotopic (exact) mass is 322 g/mol. The van der Waals surface area contributed by atoms with Gasteiger partial charge in [-0.3, -0.25) is 4.79 Å². The lowest BCUT2D eigenvalue weighted by atomic mass is 10.2. The number of hydrogen-bond acceptors (Lipinski definition) is 4. The Morgan fingerprint density at radius 2 is 1.96 bits per heavy atom. The zero-order chi connectivity index (χ0) is 16.7. The van der Waals surface area contributed by atoms with Gasteiger partial charge in [-0.05, 0) is 39.0 Å². The van der Waals surface area contributed by atoms with E-state index in [2.05, 4.69) is 13.8 Å². The van der Waals surface area contributed by atoms with Crippen LogP contribution in [-0.2, 0) is 4.74 Å². The first kappa shape index (κ1) is 17.8. The number of rotatable bonds is 8. The molecule has 5 heteroatoms. The van der Waals surface area contributed by atoms with Crippen LogP contribution in [-0.4, -0.2) is 51.3 Å². The molecule has 0 radical (unpaired) electrons. The molecule has 1 aliphatic rings. The van der Waals surface area contributed by atoms with Gasteiger partial charge in [-0.1, -0.05) is 0 Å². The molecular weight excluding hydrogens is 294 g/mol. The highest BCUT2D eigenvalue weighted by molar-refractivity contribution is 5.76. The summed E-state index contributed by atoms with van der Waals surface area (Å²) in [7, 11) is 0. The quantitative estimate of drug-likeness (QED) is 0.580. The van der Waals surface area contributed by atoms with Gasteiger partial charge in [-0.25, -0.2) is 0 Å². The van der Waals surface area contributed by atoms with Crippen molar-refractivity contribution >= 4 is 6.29 Å². The van der Waals surface area contributed by atoms with Crippen molar-refractivity contribution in [3.63, 3.8) is 0 Å². The molecule has 5 nitrogen and oxygen atoms in total. The number of carbonyl (C=O) groups is 1. The van der Waals surface area contributed by atoms with Gasteiger partial charge in [0.1, 0.15) is 31.6 Å². The van der Waals surface area contributed by atoms with E-state index in [1.165, 1.54) is 0 Å². The number of quaternary nitrogens is 1. The van der Waals surface area contributed by atoms with Gasteiger partial charge < -0.3 is 19.1 Å². The lowest BCUT2D eigenvalue weighted by molar-refractivity contribution is -0.915. The van der Waals surface area contributed by atoms with Crippen molar-refractivity contribution in [3.8, 4) is 11.5 Å². The van der Waals surface area contributed by atoms with Gasteiger partial charge in [0.2, 0.25) is 0 Å². The fourth-order valence-electron chi connectivity index (χ4n) is 3.08. The summed E-state index contributed by atoms with van der Waals surface area (Å²) >= 11 is 0. The molecule has 23 heavy (non-hydrogen) atoms. The molecule has 0 amide bonds. The van der Waals surface area contributed by atoms with E-state index in [0.29, 0.717) is 42.5 Å². The second-order valence-corrected chi connectivity index (χ2v) is 6.12. The highest BCUT2D eigenvalue weighted by Crippen LogP contribution is 2.28. The Morgan fingerprint density at radius 1 is 1.22 bits per heavy atom. The van der Waals surface area contributed by atoms with Crippen LogP contribution in [0.25, 0.3) is 0 Å². The zero-order valence-electron chi connectivity index (χ0n) is 14.3. The van der Waals surface area contributed by atoms with Crippen molar-refractivity contribution in [3.05, 3.63) is 23.8 Å².